The Morgan fingerprint density at radius 3 is 2.06 bits per heavy atom. The van der Waals surface area contributed by atoms with Crippen LogP contribution in [-0.4, -0.2) is 56.6 Å². The normalized spacial score (nSPS) is 11.6. The van der Waals surface area contributed by atoms with Crippen molar-refractivity contribution in [1.29, 1.82) is 0 Å². The van der Waals surface area contributed by atoms with E-state index in [0.717, 1.165) is 11.1 Å². The predicted octanol–water partition coefficient (Wildman–Crippen LogP) is 2.75. The molecule has 2 aromatic carbocycles. The predicted molar refractivity (Wildman–Crippen MR) is 122 cm³/mol. The Morgan fingerprint density at radius 1 is 0.968 bits per heavy atom. The topological polar surface area (TPSA) is 86.8 Å². The molecule has 0 radical (unpaired) electrons. The molecule has 0 aliphatic rings. The highest BCUT2D eigenvalue weighted by molar-refractivity contribution is 7.89. The lowest BCUT2D eigenvalue weighted by atomic mass is 10.1. The molecule has 0 saturated heterocycles. The SMILES string of the molecule is CCN(CC)S(=O)(=O)c1ccc(/C=C/C(=O)N(C)Cc2ccc(C(=O)NC)cc2)cc1. The number of amides is 2. The molecule has 2 amide bonds. The fourth-order valence-electron chi connectivity index (χ4n) is 3.02. The minimum atomic E-state index is -3.50. The van der Waals surface area contributed by atoms with Gasteiger partial charge in [0.2, 0.25) is 15.9 Å². The minimum absolute atomic E-state index is 0.158. The molecule has 166 valence electrons. The average Bonchev–Trinajstić information content (AvgIpc) is 2.78. The summed E-state index contributed by atoms with van der Waals surface area (Å²) >= 11 is 0. The van der Waals surface area contributed by atoms with E-state index in [0.29, 0.717) is 25.2 Å². The molecule has 0 fully saturated rings. The first-order valence-corrected chi connectivity index (χ1v) is 11.5. The Hall–Kier alpha value is -2.97. The largest absolute Gasteiger partial charge is 0.355 e. The van der Waals surface area contributed by atoms with E-state index in [1.165, 1.54) is 10.4 Å². The third kappa shape index (κ3) is 6.26. The van der Waals surface area contributed by atoms with E-state index < -0.39 is 10.0 Å². The monoisotopic (exact) mass is 443 g/mol. The number of carbonyl (C=O) groups excluding carboxylic acids is 2. The van der Waals surface area contributed by atoms with Gasteiger partial charge in [0.25, 0.3) is 5.91 Å². The molecule has 0 aliphatic heterocycles. The Kier molecular flexibility index (Phi) is 8.53. The summed E-state index contributed by atoms with van der Waals surface area (Å²) in [4.78, 5) is 25.8. The van der Waals surface area contributed by atoms with Crippen molar-refractivity contribution in [1.82, 2.24) is 14.5 Å². The summed E-state index contributed by atoms with van der Waals surface area (Å²) in [5.74, 6) is -0.343. The number of hydrogen-bond acceptors (Lipinski definition) is 4. The number of sulfonamides is 1. The molecule has 0 saturated carbocycles. The first kappa shape index (κ1) is 24.3. The highest BCUT2D eigenvalue weighted by atomic mass is 32.2. The van der Waals surface area contributed by atoms with Gasteiger partial charge >= 0.3 is 0 Å². The summed E-state index contributed by atoms with van der Waals surface area (Å²) in [6.45, 7) is 4.83. The Labute approximate surface area is 184 Å². The summed E-state index contributed by atoms with van der Waals surface area (Å²) in [7, 11) is -0.229. The van der Waals surface area contributed by atoms with Crippen LogP contribution in [0.25, 0.3) is 6.08 Å². The van der Waals surface area contributed by atoms with Gasteiger partial charge in [-0.15, -0.1) is 0 Å². The van der Waals surface area contributed by atoms with E-state index in [2.05, 4.69) is 5.32 Å². The van der Waals surface area contributed by atoms with Crippen LogP contribution in [0, 0.1) is 0 Å². The Bertz CT molecular complexity index is 1030. The van der Waals surface area contributed by atoms with Crippen molar-refractivity contribution in [3.05, 3.63) is 71.3 Å². The molecule has 0 heterocycles. The van der Waals surface area contributed by atoms with E-state index in [1.807, 2.05) is 12.1 Å². The zero-order valence-electron chi connectivity index (χ0n) is 18.3. The Morgan fingerprint density at radius 2 is 1.55 bits per heavy atom. The van der Waals surface area contributed by atoms with Gasteiger partial charge in [0, 0.05) is 45.4 Å². The van der Waals surface area contributed by atoms with E-state index >= 15 is 0 Å². The lowest BCUT2D eigenvalue weighted by Crippen LogP contribution is -2.30. The van der Waals surface area contributed by atoms with Crippen molar-refractivity contribution >= 4 is 27.9 Å². The molecule has 7 nitrogen and oxygen atoms in total. The van der Waals surface area contributed by atoms with Gasteiger partial charge in [0.05, 0.1) is 4.90 Å². The van der Waals surface area contributed by atoms with Crippen LogP contribution in [-0.2, 0) is 21.4 Å². The number of nitrogens with zero attached hydrogens (tertiary/aromatic N) is 2. The first-order chi connectivity index (χ1) is 14.7. The maximum absolute atomic E-state index is 12.5. The van der Waals surface area contributed by atoms with Crippen molar-refractivity contribution < 1.29 is 18.0 Å². The van der Waals surface area contributed by atoms with E-state index in [4.69, 9.17) is 0 Å². The van der Waals surface area contributed by atoms with Gasteiger partial charge in [-0.1, -0.05) is 38.1 Å². The molecule has 31 heavy (non-hydrogen) atoms. The van der Waals surface area contributed by atoms with Gasteiger partial charge in [-0.3, -0.25) is 9.59 Å². The zero-order chi connectivity index (χ0) is 23.0. The molecule has 0 bridgehead atoms. The van der Waals surface area contributed by atoms with Crippen LogP contribution in [0.5, 0.6) is 0 Å². The summed E-state index contributed by atoms with van der Waals surface area (Å²) in [5, 5.41) is 2.57. The van der Waals surface area contributed by atoms with Crippen molar-refractivity contribution in [3.8, 4) is 0 Å². The van der Waals surface area contributed by atoms with Crippen molar-refractivity contribution in [3.63, 3.8) is 0 Å². The molecule has 0 aromatic heterocycles. The molecule has 0 aliphatic carbocycles. The summed E-state index contributed by atoms with van der Waals surface area (Å²) in [6, 6.07) is 13.5. The molecule has 0 spiro atoms. The maximum Gasteiger partial charge on any atom is 0.251 e. The second-order valence-electron chi connectivity index (χ2n) is 6.96. The van der Waals surface area contributed by atoms with E-state index in [-0.39, 0.29) is 16.7 Å². The fourth-order valence-corrected chi connectivity index (χ4v) is 4.47. The highest BCUT2D eigenvalue weighted by Crippen LogP contribution is 2.17. The third-order valence-electron chi connectivity index (χ3n) is 4.88. The molecule has 2 aromatic rings. The second kappa shape index (κ2) is 10.9. The summed E-state index contributed by atoms with van der Waals surface area (Å²) in [6.07, 6.45) is 3.11. The lowest BCUT2D eigenvalue weighted by Gasteiger charge is -2.18. The number of likely N-dealkylation sites (N-methyl/N-ethyl adjacent to an activating group) is 1. The lowest BCUT2D eigenvalue weighted by molar-refractivity contribution is -0.125. The zero-order valence-corrected chi connectivity index (χ0v) is 19.1. The Balaban J connectivity index is 2.01. The molecular weight excluding hydrogens is 414 g/mol. The van der Waals surface area contributed by atoms with Crippen LogP contribution in [0.3, 0.4) is 0 Å². The number of benzene rings is 2. The second-order valence-corrected chi connectivity index (χ2v) is 8.90. The van der Waals surface area contributed by atoms with Crippen LogP contribution in [0.4, 0.5) is 0 Å². The fraction of sp³-hybridized carbons (Fsp3) is 0.304. The van der Waals surface area contributed by atoms with Gasteiger partial charge in [-0.05, 0) is 41.5 Å². The molecule has 2 rings (SSSR count). The van der Waals surface area contributed by atoms with Crippen LogP contribution < -0.4 is 5.32 Å². The summed E-state index contributed by atoms with van der Waals surface area (Å²) in [5.41, 5.74) is 2.20. The number of hydrogen-bond donors (Lipinski definition) is 1. The molecule has 0 atom stereocenters. The molecule has 8 heteroatoms. The van der Waals surface area contributed by atoms with Gasteiger partial charge in [-0.25, -0.2) is 8.42 Å². The van der Waals surface area contributed by atoms with Crippen LogP contribution >= 0.6 is 0 Å². The summed E-state index contributed by atoms with van der Waals surface area (Å²) < 4.78 is 26.5. The van der Waals surface area contributed by atoms with Crippen molar-refractivity contribution in [2.75, 3.05) is 27.2 Å². The van der Waals surface area contributed by atoms with Crippen molar-refractivity contribution in [2.24, 2.45) is 0 Å². The molecular formula is C23H29N3O4S. The van der Waals surface area contributed by atoms with Crippen LogP contribution in [0.1, 0.15) is 35.3 Å². The van der Waals surface area contributed by atoms with Crippen LogP contribution in [0.15, 0.2) is 59.5 Å². The van der Waals surface area contributed by atoms with Gasteiger partial charge < -0.3 is 10.2 Å². The minimum Gasteiger partial charge on any atom is -0.355 e. The quantitative estimate of drug-likeness (QED) is 0.604. The maximum atomic E-state index is 12.5. The standard InChI is InChI=1S/C23H29N3O4S/c1-5-26(6-2)31(29,30)21-14-9-18(10-15-21)11-16-22(27)25(4)17-19-7-12-20(13-8-19)23(28)24-3/h7-16H,5-6,17H2,1-4H3,(H,24,28)/b16-11+. The average molecular weight is 444 g/mol. The van der Waals surface area contributed by atoms with E-state index in [1.54, 1.807) is 75.3 Å². The van der Waals surface area contributed by atoms with Crippen molar-refractivity contribution in [2.45, 2.75) is 25.3 Å². The molecule has 0 unspecified atom stereocenters. The number of rotatable bonds is 9. The first-order valence-electron chi connectivity index (χ1n) is 10.1. The van der Waals surface area contributed by atoms with Gasteiger partial charge in [-0.2, -0.15) is 4.31 Å². The van der Waals surface area contributed by atoms with E-state index in [9.17, 15) is 18.0 Å². The number of carbonyl (C=O) groups is 2. The third-order valence-corrected chi connectivity index (χ3v) is 6.94. The smallest absolute Gasteiger partial charge is 0.251 e. The molecule has 1 N–H and O–H groups in total. The van der Waals surface area contributed by atoms with Gasteiger partial charge in [0.1, 0.15) is 0 Å². The van der Waals surface area contributed by atoms with Crippen LogP contribution in [0.2, 0.25) is 0 Å². The number of nitrogens with one attached hydrogen (secondary N) is 1. The van der Waals surface area contributed by atoms with Gasteiger partial charge in [0.15, 0.2) is 0 Å². The highest BCUT2D eigenvalue weighted by Gasteiger charge is 2.20.